The maximum absolute atomic E-state index is 6.02. The minimum absolute atomic E-state index is 0.388. The molecule has 0 aliphatic heterocycles. The molecule has 0 saturated heterocycles. The topological polar surface area (TPSA) is 39.7 Å². The van der Waals surface area contributed by atoms with Crippen molar-refractivity contribution in [1.82, 2.24) is 5.32 Å². The molecule has 6 heteroatoms. The van der Waals surface area contributed by atoms with E-state index in [0.717, 1.165) is 24.2 Å². The lowest BCUT2D eigenvalue weighted by atomic mass is 10.2. The van der Waals surface area contributed by atoms with Gasteiger partial charge < -0.3 is 19.5 Å². The monoisotopic (exact) mass is 369 g/mol. The highest BCUT2D eigenvalue weighted by atomic mass is 35.5. The maximum Gasteiger partial charge on any atom is 0.161 e. The number of hydrogen-bond donors (Lipinski definition) is 1. The summed E-state index contributed by atoms with van der Waals surface area (Å²) in [5, 5.41) is 4.34. The molecule has 2 aromatic rings. The number of hydrogen-bond acceptors (Lipinski definition) is 4. The Balaban J connectivity index is 1.97. The van der Waals surface area contributed by atoms with Crippen molar-refractivity contribution in [2.45, 2.75) is 13.2 Å². The van der Waals surface area contributed by atoms with Crippen LogP contribution in [0.5, 0.6) is 11.5 Å². The van der Waals surface area contributed by atoms with E-state index in [2.05, 4.69) is 5.32 Å². The van der Waals surface area contributed by atoms with Gasteiger partial charge in [-0.25, -0.2) is 0 Å². The van der Waals surface area contributed by atoms with Crippen LogP contribution in [0.4, 0.5) is 0 Å². The Bertz CT molecular complexity index is 665. The number of ether oxygens (including phenoxy) is 3. The second-order valence-corrected chi connectivity index (χ2v) is 6.01. The zero-order valence-electron chi connectivity index (χ0n) is 13.8. The van der Waals surface area contributed by atoms with Gasteiger partial charge in [0.2, 0.25) is 0 Å². The molecule has 1 N–H and O–H groups in total. The molecule has 0 aliphatic carbocycles. The van der Waals surface area contributed by atoms with Crippen LogP contribution in [0.3, 0.4) is 0 Å². The number of benzene rings is 2. The first-order valence-electron chi connectivity index (χ1n) is 7.57. The number of nitrogens with one attached hydrogen (secondary N) is 1. The van der Waals surface area contributed by atoms with Crippen LogP contribution in [0, 0.1) is 0 Å². The Morgan fingerprint density at radius 3 is 2.42 bits per heavy atom. The molecule has 0 aliphatic rings. The minimum atomic E-state index is 0.388. The van der Waals surface area contributed by atoms with Crippen LogP contribution in [0.15, 0.2) is 36.4 Å². The predicted octanol–water partition coefficient (Wildman–Crippen LogP) is 4.32. The second-order valence-electron chi connectivity index (χ2n) is 5.19. The molecule has 0 bridgehead atoms. The van der Waals surface area contributed by atoms with Crippen molar-refractivity contribution in [3.05, 3.63) is 57.6 Å². The molecule has 0 amide bonds. The van der Waals surface area contributed by atoms with E-state index in [1.807, 2.05) is 24.3 Å². The highest BCUT2D eigenvalue weighted by molar-refractivity contribution is 6.42. The molecule has 0 spiro atoms. The van der Waals surface area contributed by atoms with Crippen molar-refractivity contribution in [3.8, 4) is 11.5 Å². The van der Waals surface area contributed by atoms with Crippen LogP contribution in [0.25, 0.3) is 0 Å². The van der Waals surface area contributed by atoms with Crippen LogP contribution in [-0.4, -0.2) is 27.4 Å². The van der Waals surface area contributed by atoms with Crippen molar-refractivity contribution in [2.75, 3.05) is 27.4 Å². The van der Waals surface area contributed by atoms with E-state index in [0.29, 0.717) is 34.8 Å². The maximum atomic E-state index is 6.02. The number of halogens is 2. The van der Waals surface area contributed by atoms with Crippen LogP contribution in [0.1, 0.15) is 11.1 Å². The Hall–Kier alpha value is -1.46. The summed E-state index contributed by atoms with van der Waals surface area (Å²) >= 11 is 11.9. The fourth-order valence-electron chi connectivity index (χ4n) is 2.14. The van der Waals surface area contributed by atoms with Gasteiger partial charge in [0, 0.05) is 20.2 Å². The molecule has 24 heavy (non-hydrogen) atoms. The summed E-state index contributed by atoms with van der Waals surface area (Å²) in [6, 6.07) is 11.3. The van der Waals surface area contributed by atoms with E-state index in [9.17, 15) is 0 Å². The van der Waals surface area contributed by atoms with Crippen LogP contribution >= 0.6 is 23.2 Å². The Kier molecular flexibility index (Phi) is 7.66. The van der Waals surface area contributed by atoms with Gasteiger partial charge in [0.05, 0.1) is 23.8 Å². The largest absolute Gasteiger partial charge is 0.493 e. The minimum Gasteiger partial charge on any atom is -0.493 e. The Morgan fingerprint density at radius 2 is 1.71 bits per heavy atom. The van der Waals surface area contributed by atoms with E-state index in [1.165, 1.54) is 0 Å². The lowest BCUT2D eigenvalue weighted by Gasteiger charge is -2.13. The van der Waals surface area contributed by atoms with Gasteiger partial charge >= 0.3 is 0 Å². The fourth-order valence-corrected chi connectivity index (χ4v) is 2.46. The van der Waals surface area contributed by atoms with Crippen molar-refractivity contribution >= 4 is 23.2 Å². The number of methoxy groups -OCH3 is 2. The quantitative estimate of drug-likeness (QED) is 0.668. The highest BCUT2D eigenvalue weighted by Crippen LogP contribution is 2.29. The van der Waals surface area contributed by atoms with Crippen LogP contribution in [-0.2, 0) is 17.9 Å². The molecule has 130 valence electrons. The first kappa shape index (κ1) is 18.9. The fraction of sp³-hybridized carbons (Fsp3) is 0.333. The van der Waals surface area contributed by atoms with E-state index >= 15 is 0 Å². The molecule has 4 nitrogen and oxygen atoms in total. The molecule has 0 heterocycles. The van der Waals surface area contributed by atoms with Gasteiger partial charge in [-0.3, -0.25) is 0 Å². The lowest BCUT2D eigenvalue weighted by molar-refractivity contribution is 0.199. The van der Waals surface area contributed by atoms with E-state index in [4.69, 9.17) is 37.4 Å². The molecule has 0 unspecified atom stereocenters. The van der Waals surface area contributed by atoms with Gasteiger partial charge in [-0.05, 0) is 35.4 Å². The van der Waals surface area contributed by atoms with E-state index < -0.39 is 0 Å². The number of rotatable bonds is 9. The molecule has 0 saturated carbocycles. The van der Waals surface area contributed by atoms with E-state index in [-0.39, 0.29) is 0 Å². The average Bonchev–Trinajstić information content (AvgIpc) is 2.60. The average molecular weight is 370 g/mol. The Morgan fingerprint density at radius 1 is 0.917 bits per heavy atom. The summed E-state index contributed by atoms with van der Waals surface area (Å²) in [5.74, 6) is 1.38. The van der Waals surface area contributed by atoms with Crippen LogP contribution in [0.2, 0.25) is 10.0 Å². The molecule has 0 radical (unpaired) electrons. The third-order valence-corrected chi connectivity index (χ3v) is 4.16. The predicted molar refractivity (Wildman–Crippen MR) is 97.4 cm³/mol. The third kappa shape index (κ3) is 5.56. The summed E-state index contributed by atoms with van der Waals surface area (Å²) in [4.78, 5) is 0. The smallest absolute Gasteiger partial charge is 0.161 e. The molecule has 2 rings (SSSR count). The summed E-state index contributed by atoms with van der Waals surface area (Å²) in [6.45, 7) is 2.61. The normalized spacial score (nSPS) is 10.7. The Labute approximate surface area is 152 Å². The molecule has 0 aromatic heterocycles. The van der Waals surface area contributed by atoms with Crippen molar-refractivity contribution in [1.29, 1.82) is 0 Å². The first-order valence-corrected chi connectivity index (χ1v) is 8.33. The van der Waals surface area contributed by atoms with E-state index in [1.54, 1.807) is 26.4 Å². The highest BCUT2D eigenvalue weighted by Gasteiger charge is 2.07. The zero-order chi connectivity index (χ0) is 17.4. The van der Waals surface area contributed by atoms with Gasteiger partial charge in [0.15, 0.2) is 11.5 Å². The van der Waals surface area contributed by atoms with Crippen molar-refractivity contribution < 1.29 is 14.2 Å². The van der Waals surface area contributed by atoms with Crippen molar-refractivity contribution in [2.24, 2.45) is 0 Å². The molecule has 0 atom stereocenters. The molecular formula is C18H21Cl2NO3. The van der Waals surface area contributed by atoms with Gasteiger partial charge in [-0.1, -0.05) is 35.3 Å². The summed E-state index contributed by atoms with van der Waals surface area (Å²) in [7, 11) is 3.31. The molecule has 0 fully saturated rings. The second kappa shape index (κ2) is 9.74. The van der Waals surface area contributed by atoms with Crippen molar-refractivity contribution in [3.63, 3.8) is 0 Å². The third-order valence-electron chi connectivity index (χ3n) is 3.42. The lowest BCUT2D eigenvalue weighted by Crippen LogP contribution is -2.18. The standard InChI is InChI=1S/C18H21Cl2NO3/c1-22-8-7-21-11-13-4-6-17(18(10-13)23-2)24-12-14-3-5-15(19)16(20)9-14/h3-6,9-10,21H,7-8,11-12H2,1-2H3. The SMILES string of the molecule is COCCNCc1ccc(OCc2ccc(Cl)c(Cl)c2)c(OC)c1. The van der Waals surface area contributed by atoms with Gasteiger partial charge in [0.1, 0.15) is 6.61 Å². The summed E-state index contributed by atoms with van der Waals surface area (Å²) in [5.41, 5.74) is 2.06. The molecular weight excluding hydrogens is 349 g/mol. The molecule has 2 aromatic carbocycles. The van der Waals surface area contributed by atoms with Gasteiger partial charge in [0.25, 0.3) is 0 Å². The van der Waals surface area contributed by atoms with Gasteiger partial charge in [-0.15, -0.1) is 0 Å². The summed E-state index contributed by atoms with van der Waals surface area (Å²) in [6.07, 6.45) is 0. The van der Waals surface area contributed by atoms with Gasteiger partial charge in [-0.2, -0.15) is 0 Å². The summed E-state index contributed by atoms with van der Waals surface area (Å²) < 4.78 is 16.3. The van der Waals surface area contributed by atoms with Crippen LogP contribution < -0.4 is 14.8 Å². The first-order chi connectivity index (χ1) is 11.6. The zero-order valence-corrected chi connectivity index (χ0v) is 15.3.